The van der Waals surface area contributed by atoms with Crippen molar-refractivity contribution >= 4 is 62.5 Å². The van der Waals surface area contributed by atoms with Gasteiger partial charge in [-0.1, -0.05) is 41.4 Å². The normalized spacial score (nSPS) is 10.9. The van der Waals surface area contributed by atoms with Crippen molar-refractivity contribution in [2.24, 2.45) is 0 Å². The lowest BCUT2D eigenvalue weighted by Gasteiger charge is -2.14. The average molecular weight is 577 g/mol. The molecule has 1 amide bonds. The molecule has 0 saturated carbocycles. The molecule has 0 aliphatic heterocycles. The fourth-order valence-electron chi connectivity index (χ4n) is 2.98. The van der Waals surface area contributed by atoms with Crippen molar-refractivity contribution in [3.63, 3.8) is 0 Å². The molecule has 0 aliphatic rings. The van der Waals surface area contributed by atoms with E-state index in [1.807, 2.05) is 6.07 Å². The summed E-state index contributed by atoms with van der Waals surface area (Å²) in [5.74, 6) is 0.00854. The molecule has 178 valence electrons. The van der Waals surface area contributed by atoms with Gasteiger partial charge in [-0.15, -0.1) is 0 Å². The van der Waals surface area contributed by atoms with Crippen LogP contribution in [0.3, 0.4) is 0 Å². The van der Waals surface area contributed by atoms with E-state index in [-0.39, 0.29) is 33.6 Å². The topological polar surface area (TPSA) is 114 Å². The maximum Gasteiger partial charge on any atom is 0.269 e. The number of hydrogen-bond acceptors (Lipinski definition) is 6. The van der Waals surface area contributed by atoms with E-state index in [1.54, 1.807) is 42.5 Å². The average Bonchev–Trinajstić information content (AvgIpc) is 2.84. The first-order valence-corrected chi connectivity index (χ1v) is 11.4. The second-order valence-electron chi connectivity index (χ2n) is 6.98. The number of rotatable bonds is 8. The minimum atomic E-state index is -0.669. The summed E-state index contributed by atoms with van der Waals surface area (Å²) in [7, 11) is 1.44. The van der Waals surface area contributed by atoms with Crippen LogP contribution < -0.4 is 14.8 Å². The Hall–Kier alpha value is -3.58. The van der Waals surface area contributed by atoms with Gasteiger partial charge in [-0.05, 0) is 57.4 Å². The first-order valence-electron chi connectivity index (χ1n) is 9.84. The number of non-ortho nitro benzene ring substituents is 1. The summed E-state index contributed by atoms with van der Waals surface area (Å²) in [5.41, 5.74) is 1.13. The van der Waals surface area contributed by atoms with Crippen LogP contribution in [0.5, 0.6) is 11.5 Å². The number of anilines is 1. The fourth-order valence-corrected chi connectivity index (χ4v) is 3.91. The number of ether oxygens (including phenoxy) is 2. The molecule has 0 aliphatic carbocycles. The van der Waals surface area contributed by atoms with E-state index in [0.29, 0.717) is 27.1 Å². The lowest BCUT2D eigenvalue weighted by molar-refractivity contribution is -0.384. The quantitative estimate of drug-likeness (QED) is 0.136. The maximum atomic E-state index is 12.6. The third kappa shape index (κ3) is 6.51. The van der Waals surface area contributed by atoms with Crippen LogP contribution in [0.15, 0.2) is 64.6 Å². The fraction of sp³-hybridized carbons (Fsp3) is 0.0833. The van der Waals surface area contributed by atoms with Gasteiger partial charge in [0.25, 0.3) is 11.6 Å². The second kappa shape index (κ2) is 11.7. The molecule has 0 heterocycles. The van der Waals surface area contributed by atoms with Crippen molar-refractivity contribution in [3.05, 3.63) is 95.9 Å². The van der Waals surface area contributed by atoms with Gasteiger partial charge in [0, 0.05) is 12.1 Å². The molecule has 0 unspecified atom stereocenters. The number of nitro groups is 1. The minimum absolute atomic E-state index is 0.0426. The lowest BCUT2D eigenvalue weighted by Crippen LogP contribution is -2.13. The molecule has 8 nitrogen and oxygen atoms in total. The third-order valence-electron chi connectivity index (χ3n) is 4.63. The summed E-state index contributed by atoms with van der Waals surface area (Å²) in [6.07, 6.45) is 1.38. The van der Waals surface area contributed by atoms with Crippen LogP contribution in [0.2, 0.25) is 10.0 Å². The van der Waals surface area contributed by atoms with E-state index < -0.39 is 10.8 Å². The molecule has 0 aromatic heterocycles. The number of amides is 1. The summed E-state index contributed by atoms with van der Waals surface area (Å²) in [5, 5.41) is 23.5. The number of nitrogens with one attached hydrogen (secondary N) is 1. The van der Waals surface area contributed by atoms with Gasteiger partial charge in [0.1, 0.15) is 18.2 Å². The number of hydrogen-bond donors (Lipinski definition) is 1. The Kier molecular flexibility index (Phi) is 8.71. The van der Waals surface area contributed by atoms with E-state index in [4.69, 9.17) is 32.7 Å². The summed E-state index contributed by atoms with van der Waals surface area (Å²) >= 11 is 15.5. The summed E-state index contributed by atoms with van der Waals surface area (Å²) in [6, 6.07) is 15.9. The SMILES string of the molecule is COc1cc(/C=C(/C#N)C(=O)Nc2cccc(Cl)c2Cl)cc(Br)c1OCc1cccc([N+](=O)[O-])c1. The first kappa shape index (κ1) is 26.0. The standard InChI is InChI=1S/C24H16BrCl2N3O5/c1-34-21-11-15(8-16(12-28)24(31)29-20-7-3-6-19(26)22(20)27)10-18(25)23(21)35-13-14-4-2-5-17(9-14)30(32)33/h2-11H,13H2,1H3,(H,29,31)/b16-8-. The van der Waals surface area contributed by atoms with Crippen LogP contribution >= 0.6 is 39.1 Å². The molecule has 3 aromatic carbocycles. The van der Waals surface area contributed by atoms with Crippen LogP contribution in [-0.4, -0.2) is 17.9 Å². The molecule has 3 aromatic rings. The van der Waals surface area contributed by atoms with Gasteiger partial charge in [-0.25, -0.2) is 0 Å². The van der Waals surface area contributed by atoms with E-state index in [9.17, 15) is 20.2 Å². The zero-order chi connectivity index (χ0) is 25.5. The van der Waals surface area contributed by atoms with E-state index in [2.05, 4.69) is 21.2 Å². The summed E-state index contributed by atoms with van der Waals surface area (Å²) < 4.78 is 11.7. The number of methoxy groups -OCH3 is 1. The van der Waals surface area contributed by atoms with Gasteiger partial charge in [0.05, 0.1) is 32.2 Å². The molecule has 0 saturated heterocycles. The molecular weight excluding hydrogens is 561 g/mol. The lowest BCUT2D eigenvalue weighted by atomic mass is 10.1. The number of nitriles is 1. The maximum absolute atomic E-state index is 12.6. The van der Waals surface area contributed by atoms with Crippen LogP contribution in [0.25, 0.3) is 6.08 Å². The molecule has 35 heavy (non-hydrogen) atoms. The molecule has 0 fully saturated rings. The Labute approximate surface area is 219 Å². The molecule has 11 heteroatoms. The molecule has 0 radical (unpaired) electrons. The Morgan fingerprint density at radius 2 is 1.97 bits per heavy atom. The largest absolute Gasteiger partial charge is 0.493 e. The van der Waals surface area contributed by atoms with Crippen molar-refractivity contribution in [1.82, 2.24) is 0 Å². The predicted molar refractivity (Wildman–Crippen MR) is 137 cm³/mol. The third-order valence-corrected chi connectivity index (χ3v) is 6.04. The van der Waals surface area contributed by atoms with Crippen LogP contribution in [-0.2, 0) is 11.4 Å². The molecule has 0 atom stereocenters. The summed E-state index contributed by atoms with van der Waals surface area (Å²) in [4.78, 5) is 23.1. The number of carbonyl (C=O) groups is 1. The van der Waals surface area contributed by atoms with Crippen LogP contribution in [0.4, 0.5) is 11.4 Å². The van der Waals surface area contributed by atoms with Crippen molar-refractivity contribution in [1.29, 1.82) is 5.26 Å². The zero-order valence-corrected chi connectivity index (χ0v) is 21.1. The molecule has 0 bridgehead atoms. The first-order chi connectivity index (χ1) is 16.7. The van der Waals surface area contributed by atoms with Crippen LogP contribution in [0, 0.1) is 21.4 Å². The van der Waals surface area contributed by atoms with Gasteiger partial charge in [-0.2, -0.15) is 5.26 Å². The molecular formula is C24H16BrCl2N3O5. The number of carbonyl (C=O) groups excluding carboxylic acids is 1. The highest BCUT2D eigenvalue weighted by Crippen LogP contribution is 2.38. The Morgan fingerprint density at radius 3 is 2.66 bits per heavy atom. The van der Waals surface area contributed by atoms with Crippen molar-refractivity contribution in [2.45, 2.75) is 6.61 Å². The monoisotopic (exact) mass is 575 g/mol. The highest BCUT2D eigenvalue weighted by molar-refractivity contribution is 9.10. The molecule has 1 N–H and O–H groups in total. The van der Waals surface area contributed by atoms with E-state index >= 15 is 0 Å². The van der Waals surface area contributed by atoms with Gasteiger partial charge < -0.3 is 14.8 Å². The Morgan fingerprint density at radius 1 is 1.23 bits per heavy atom. The molecule has 0 spiro atoms. The molecule has 3 rings (SSSR count). The highest BCUT2D eigenvalue weighted by atomic mass is 79.9. The summed E-state index contributed by atoms with van der Waals surface area (Å²) in [6.45, 7) is 0.0536. The second-order valence-corrected chi connectivity index (χ2v) is 8.61. The predicted octanol–water partition coefficient (Wildman–Crippen LogP) is 6.80. The van der Waals surface area contributed by atoms with Crippen molar-refractivity contribution in [2.75, 3.05) is 12.4 Å². The number of nitrogens with zero attached hydrogens (tertiary/aromatic N) is 2. The van der Waals surface area contributed by atoms with Crippen LogP contribution in [0.1, 0.15) is 11.1 Å². The highest BCUT2D eigenvalue weighted by Gasteiger charge is 2.16. The zero-order valence-electron chi connectivity index (χ0n) is 18.1. The minimum Gasteiger partial charge on any atom is -0.493 e. The number of halogens is 3. The number of nitro benzene ring substituents is 1. The Balaban J connectivity index is 1.83. The van der Waals surface area contributed by atoms with E-state index in [1.165, 1.54) is 25.3 Å². The van der Waals surface area contributed by atoms with E-state index in [0.717, 1.165) is 0 Å². The van der Waals surface area contributed by atoms with Crippen molar-refractivity contribution < 1.29 is 19.2 Å². The van der Waals surface area contributed by atoms with Gasteiger partial charge in [0.15, 0.2) is 11.5 Å². The Bertz CT molecular complexity index is 1370. The van der Waals surface area contributed by atoms with Crippen molar-refractivity contribution in [3.8, 4) is 17.6 Å². The van der Waals surface area contributed by atoms with Gasteiger partial charge >= 0.3 is 0 Å². The van der Waals surface area contributed by atoms with Gasteiger partial charge in [-0.3, -0.25) is 14.9 Å². The smallest absolute Gasteiger partial charge is 0.269 e. The van der Waals surface area contributed by atoms with Gasteiger partial charge in [0.2, 0.25) is 0 Å². The number of benzene rings is 3.